The zero-order chi connectivity index (χ0) is 10.1. The summed E-state index contributed by atoms with van der Waals surface area (Å²) < 4.78 is 13.6. The summed E-state index contributed by atoms with van der Waals surface area (Å²) in [7, 11) is 0. The van der Waals surface area contributed by atoms with Crippen LogP contribution >= 0.6 is 11.6 Å². The highest BCUT2D eigenvalue weighted by Gasteiger charge is 2.22. The van der Waals surface area contributed by atoms with Crippen molar-refractivity contribution in [1.82, 2.24) is 5.32 Å². The van der Waals surface area contributed by atoms with Crippen molar-refractivity contribution in [2.75, 3.05) is 13.1 Å². The van der Waals surface area contributed by atoms with Crippen molar-refractivity contribution in [3.8, 4) is 0 Å². The number of hydrogen-bond acceptors (Lipinski definition) is 1. The van der Waals surface area contributed by atoms with E-state index in [4.69, 9.17) is 11.6 Å². The van der Waals surface area contributed by atoms with Crippen LogP contribution in [0.25, 0.3) is 0 Å². The number of benzene rings is 1. The Morgan fingerprint density at radius 2 is 2.29 bits per heavy atom. The van der Waals surface area contributed by atoms with Crippen molar-refractivity contribution in [2.24, 2.45) is 0 Å². The number of hydrogen-bond donors (Lipinski definition) is 1. The fourth-order valence-electron chi connectivity index (χ4n) is 2.07. The summed E-state index contributed by atoms with van der Waals surface area (Å²) in [4.78, 5) is 0. The maximum Gasteiger partial charge on any atom is 0.127 e. The quantitative estimate of drug-likeness (QED) is 0.757. The van der Waals surface area contributed by atoms with E-state index in [9.17, 15) is 4.39 Å². The molecule has 1 heterocycles. The molecule has 0 saturated carbocycles. The summed E-state index contributed by atoms with van der Waals surface area (Å²) in [5.41, 5.74) is 1.68. The Morgan fingerprint density at radius 3 is 2.93 bits per heavy atom. The molecule has 3 heteroatoms. The number of halogens is 2. The first-order chi connectivity index (χ1) is 6.70. The number of nitrogens with one attached hydrogen (secondary N) is 1. The van der Waals surface area contributed by atoms with Gasteiger partial charge in [-0.3, -0.25) is 0 Å². The lowest BCUT2D eigenvalue weighted by molar-refractivity contribution is 0.585. The topological polar surface area (TPSA) is 12.0 Å². The predicted octanol–water partition coefficient (Wildman–Crippen LogP) is 2.86. The smallest absolute Gasteiger partial charge is 0.127 e. The monoisotopic (exact) mass is 213 g/mol. The fraction of sp³-hybridized carbons (Fsp3) is 0.455. The first-order valence-corrected chi connectivity index (χ1v) is 5.23. The van der Waals surface area contributed by atoms with Crippen molar-refractivity contribution >= 4 is 11.6 Å². The van der Waals surface area contributed by atoms with Crippen LogP contribution in [0.1, 0.15) is 23.5 Å². The van der Waals surface area contributed by atoms with Gasteiger partial charge >= 0.3 is 0 Å². The second-order valence-electron chi connectivity index (χ2n) is 3.76. The molecule has 0 radical (unpaired) electrons. The van der Waals surface area contributed by atoms with Crippen LogP contribution in [0, 0.1) is 12.7 Å². The van der Waals surface area contributed by atoms with Gasteiger partial charge in [0.2, 0.25) is 0 Å². The molecule has 0 aromatic heterocycles. The molecule has 1 aliphatic heterocycles. The molecule has 2 rings (SSSR count). The zero-order valence-electron chi connectivity index (χ0n) is 8.11. The van der Waals surface area contributed by atoms with Gasteiger partial charge in [0.1, 0.15) is 5.82 Å². The van der Waals surface area contributed by atoms with Crippen LogP contribution in [0.3, 0.4) is 0 Å². The van der Waals surface area contributed by atoms with Crippen LogP contribution < -0.4 is 5.32 Å². The van der Waals surface area contributed by atoms with E-state index in [2.05, 4.69) is 5.32 Å². The summed E-state index contributed by atoms with van der Waals surface area (Å²) in [5.74, 6) is 0.161. The highest BCUT2D eigenvalue weighted by atomic mass is 35.5. The van der Waals surface area contributed by atoms with Crippen molar-refractivity contribution in [2.45, 2.75) is 19.3 Å². The van der Waals surface area contributed by atoms with E-state index in [-0.39, 0.29) is 11.7 Å². The van der Waals surface area contributed by atoms with Gasteiger partial charge in [-0.15, -0.1) is 0 Å². The van der Waals surface area contributed by atoms with Crippen LogP contribution in [0.4, 0.5) is 4.39 Å². The van der Waals surface area contributed by atoms with Gasteiger partial charge in [0, 0.05) is 17.5 Å². The van der Waals surface area contributed by atoms with Crippen LogP contribution in [0.15, 0.2) is 12.1 Å². The van der Waals surface area contributed by atoms with Crippen molar-refractivity contribution in [1.29, 1.82) is 0 Å². The molecule has 0 spiro atoms. The Bertz CT molecular complexity index is 345. The summed E-state index contributed by atoms with van der Waals surface area (Å²) in [5, 5.41) is 3.90. The van der Waals surface area contributed by atoms with E-state index in [1.54, 1.807) is 6.07 Å². The minimum atomic E-state index is -0.124. The average molecular weight is 214 g/mol. The molecule has 14 heavy (non-hydrogen) atoms. The van der Waals surface area contributed by atoms with Gasteiger partial charge in [-0.2, -0.15) is 0 Å². The lowest BCUT2D eigenvalue weighted by Gasteiger charge is -2.14. The molecule has 0 bridgehead atoms. The van der Waals surface area contributed by atoms with E-state index < -0.39 is 0 Å². The van der Waals surface area contributed by atoms with Crippen LogP contribution in [-0.2, 0) is 0 Å². The van der Waals surface area contributed by atoms with Gasteiger partial charge in [0.05, 0.1) is 0 Å². The van der Waals surface area contributed by atoms with Gasteiger partial charge in [0.15, 0.2) is 0 Å². The van der Waals surface area contributed by atoms with Gasteiger partial charge in [-0.25, -0.2) is 4.39 Å². The standard InChI is InChI=1S/C11H13ClFN/c1-7-9(12)2-3-10(13)11(7)8-4-5-14-6-8/h2-3,8,14H,4-6H2,1H3. The molecule has 1 saturated heterocycles. The van der Waals surface area contributed by atoms with Crippen molar-refractivity contribution < 1.29 is 4.39 Å². The molecule has 76 valence electrons. The summed E-state index contributed by atoms with van der Waals surface area (Å²) in [6.45, 7) is 3.72. The van der Waals surface area contributed by atoms with E-state index in [0.29, 0.717) is 5.02 Å². The zero-order valence-corrected chi connectivity index (χ0v) is 8.87. The van der Waals surface area contributed by atoms with E-state index in [0.717, 1.165) is 30.6 Å². The second-order valence-corrected chi connectivity index (χ2v) is 4.16. The Hall–Kier alpha value is -0.600. The predicted molar refractivity (Wildman–Crippen MR) is 56.4 cm³/mol. The Labute approximate surface area is 88.3 Å². The molecular formula is C11H13ClFN. The van der Waals surface area contributed by atoms with E-state index >= 15 is 0 Å². The van der Waals surface area contributed by atoms with E-state index in [1.165, 1.54) is 6.07 Å². The molecule has 1 aromatic carbocycles. The lowest BCUT2D eigenvalue weighted by atomic mass is 9.93. The Kier molecular flexibility index (Phi) is 2.75. The van der Waals surface area contributed by atoms with Crippen molar-refractivity contribution in [3.05, 3.63) is 34.1 Å². The molecular weight excluding hydrogens is 201 g/mol. The number of rotatable bonds is 1. The lowest BCUT2D eigenvalue weighted by Crippen LogP contribution is -2.10. The molecule has 0 amide bonds. The van der Waals surface area contributed by atoms with Gasteiger partial charge in [0.25, 0.3) is 0 Å². The average Bonchev–Trinajstić information content (AvgIpc) is 2.65. The highest BCUT2D eigenvalue weighted by molar-refractivity contribution is 6.31. The van der Waals surface area contributed by atoms with E-state index in [1.807, 2.05) is 6.92 Å². The highest BCUT2D eigenvalue weighted by Crippen LogP contribution is 2.31. The first-order valence-electron chi connectivity index (χ1n) is 4.85. The fourth-order valence-corrected chi connectivity index (χ4v) is 2.24. The molecule has 1 fully saturated rings. The molecule has 0 aliphatic carbocycles. The Morgan fingerprint density at radius 1 is 1.50 bits per heavy atom. The minimum Gasteiger partial charge on any atom is -0.316 e. The van der Waals surface area contributed by atoms with Crippen molar-refractivity contribution in [3.63, 3.8) is 0 Å². The van der Waals surface area contributed by atoms with Gasteiger partial charge in [-0.1, -0.05) is 11.6 Å². The molecule has 1 aliphatic rings. The molecule has 1 atom stereocenters. The van der Waals surface area contributed by atoms with Crippen LogP contribution in [0.2, 0.25) is 5.02 Å². The van der Waals surface area contributed by atoms with Gasteiger partial charge in [-0.05, 0) is 43.1 Å². The SMILES string of the molecule is Cc1c(Cl)ccc(F)c1C1CCNC1. The second kappa shape index (κ2) is 3.87. The normalized spacial score (nSPS) is 21.5. The third-order valence-electron chi connectivity index (χ3n) is 2.86. The molecule has 1 aromatic rings. The minimum absolute atomic E-state index is 0.124. The van der Waals surface area contributed by atoms with Crippen LogP contribution in [-0.4, -0.2) is 13.1 Å². The summed E-state index contributed by atoms with van der Waals surface area (Å²) in [6, 6.07) is 3.08. The van der Waals surface area contributed by atoms with Crippen LogP contribution in [0.5, 0.6) is 0 Å². The Balaban J connectivity index is 2.44. The maximum absolute atomic E-state index is 13.6. The molecule has 1 unspecified atom stereocenters. The maximum atomic E-state index is 13.6. The van der Waals surface area contributed by atoms with Gasteiger partial charge < -0.3 is 5.32 Å². The summed E-state index contributed by atoms with van der Waals surface area (Å²) in [6.07, 6.45) is 0.998. The molecule has 1 nitrogen and oxygen atoms in total. The largest absolute Gasteiger partial charge is 0.316 e. The third kappa shape index (κ3) is 1.64. The summed E-state index contributed by atoms with van der Waals surface area (Å²) >= 11 is 5.98. The molecule has 1 N–H and O–H groups in total. The first kappa shape index (κ1) is 9.94. The third-order valence-corrected chi connectivity index (χ3v) is 3.27.